The van der Waals surface area contributed by atoms with Gasteiger partial charge in [-0.2, -0.15) is 0 Å². The van der Waals surface area contributed by atoms with E-state index in [1.165, 1.54) is 11.8 Å². The maximum atomic E-state index is 11.8. The summed E-state index contributed by atoms with van der Waals surface area (Å²) in [6.07, 6.45) is 0.217. The summed E-state index contributed by atoms with van der Waals surface area (Å²) in [6.45, 7) is 10.6. The van der Waals surface area contributed by atoms with Gasteiger partial charge in [-0.25, -0.2) is 9.79 Å². The van der Waals surface area contributed by atoms with Gasteiger partial charge in [0.05, 0.1) is 24.9 Å². The fraction of sp³-hybridized carbons (Fsp3) is 0.688. The molecule has 0 aliphatic carbocycles. The molecular formula is C16H27N3O5. The van der Waals surface area contributed by atoms with Crippen molar-refractivity contribution in [3.8, 4) is 0 Å². The lowest BCUT2D eigenvalue weighted by Crippen LogP contribution is -2.40. The van der Waals surface area contributed by atoms with Crippen LogP contribution in [0.2, 0.25) is 0 Å². The highest BCUT2D eigenvalue weighted by atomic mass is 16.7. The molecule has 136 valence electrons. The Labute approximate surface area is 142 Å². The molecule has 0 aromatic rings. The first kappa shape index (κ1) is 20.0. The molecule has 0 spiro atoms. The summed E-state index contributed by atoms with van der Waals surface area (Å²) >= 11 is 0. The minimum absolute atomic E-state index is 0.134. The number of nitrogens with zero attached hydrogens (tertiary/aromatic N) is 2. The van der Waals surface area contributed by atoms with E-state index in [9.17, 15) is 9.59 Å². The minimum Gasteiger partial charge on any atom is -0.432 e. The van der Waals surface area contributed by atoms with Gasteiger partial charge in [-0.1, -0.05) is 6.58 Å². The van der Waals surface area contributed by atoms with E-state index in [0.29, 0.717) is 12.4 Å². The Kier molecular flexibility index (Phi) is 7.70. The zero-order valence-electron chi connectivity index (χ0n) is 14.8. The molecule has 8 nitrogen and oxygen atoms in total. The van der Waals surface area contributed by atoms with Crippen LogP contribution in [0.1, 0.15) is 40.5 Å². The largest absolute Gasteiger partial charge is 0.508 e. The molecule has 1 aliphatic rings. The Bertz CT molecular complexity index is 504. The summed E-state index contributed by atoms with van der Waals surface area (Å²) in [7, 11) is 0. The standard InChI is InChI=1S/C16H27N3O5/c1-10(2)23-16(21)22-9-15-7-6-14(24-15)8-19(13(5)20)12(4)18-11(3)17/h10,14-15H,3,6-9,17H2,1-2,4-5H3/t14-,15+/m1/s1. The maximum Gasteiger partial charge on any atom is 0.508 e. The van der Waals surface area contributed by atoms with Crippen molar-refractivity contribution in [3.63, 3.8) is 0 Å². The third-order valence-corrected chi connectivity index (χ3v) is 3.38. The van der Waals surface area contributed by atoms with E-state index in [-0.39, 0.29) is 36.6 Å². The molecule has 2 N–H and O–H groups in total. The first-order valence-electron chi connectivity index (χ1n) is 7.95. The molecule has 1 heterocycles. The zero-order chi connectivity index (χ0) is 18.3. The van der Waals surface area contributed by atoms with E-state index in [4.69, 9.17) is 19.9 Å². The average molecular weight is 341 g/mol. The van der Waals surface area contributed by atoms with E-state index in [1.807, 2.05) is 0 Å². The number of ether oxygens (including phenoxy) is 3. The second-order valence-corrected chi connectivity index (χ2v) is 5.97. The molecule has 0 radical (unpaired) electrons. The minimum atomic E-state index is -0.702. The number of nitrogens with two attached hydrogens (primary N) is 1. The van der Waals surface area contributed by atoms with Crippen LogP contribution in [-0.4, -0.2) is 54.3 Å². The van der Waals surface area contributed by atoms with Gasteiger partial charge in [-0.3, -0.25) is 9.69 Å². The van der Waals surface area contributed by atoms with Crippen LogP contribution in [0.25, 0.3) is 0 Å². The predicted octanol–water partition coefficient (Wildman–Crippen LogP) is 1.79. The topological polar surface area (TPSA) is 103 Å². The second-order valence-electron chi connectivity index (χ2n) is 5.97. The number of carbonyl (C=O) groups is 2. The number of hydrogen-bond acceptors (Lipinski definition) is 7. The lowest BCUT2D eigenvalue weighted by molar-refractivity contribution is -0.126. The van der Waals surface area contributed by atoms with Crippen LogP contribution in [-0.2, 0) is 19.0 Å². The highest BCUT2D eigenvalue weighted by Gasteiger charge is 2.29. The zero-order valence-corrected chi connectivity index (χ0v) is 14.8. The summed E-state index contributed by atoms with van der Waals surface area (Å²) in [6, 6.07) is 0. The van der Waals surface area contributed by atoms with Gasteiger partial charge in [0.25, 0.3) is 0 Å². The van der Waals surface area contributed by atoms with Gasteiger partial charge in [0, 0.05) is 6.92 Å². The number of amides is 1. The number of carbonyl (C=O) groups excluding carboxylic acids is 2. The van der Waals surface area contributed by atoms with Crippen LogP contribution >= 0.6 is 0 Å². The molecule has 0 aromatic heterocycles. The molecule has 24 heavy (non-hydrogen) atoms. The molecular weight excluding hydrogens is 314 g/mol. The van der Waals surface area contributed by atoms with E-state index in [1.54, 1.807) is 20.8 Å². The first-order chi connectivity index (χ1) is 11.2. The Hall–Kier alpha value is -2.09. The fourth-order valence-electron chi connectivity index (χ4n) is 2.38. The van der Waals surface area contributed by atoms with Crippen LogP contribution in [0, 0.1) is 0 Å². The molecule has 1 saturated heterocycles. The lowest BCUT2D eigenvalue weighted by atomic mass is 10.2. The van der Waals surface area contributed by atoms with Gasteiger partial charge in [0.15, 0.2) is 0 Å². The predicted molar refractivity (Wildman–Crippen MR) is 89.3 cm³/mol. The van der Waals surface area contributed by atoms with E-state index in [2.05, 4.69) is 11.6 Å². The SMILES string of the molecule is C=C(N)N=C(C)N(C[C@H]1CC[C@@H](COC(=O)OC(C)C)O1)C(C)=O. The van der Waals surface area contributed by atoms with Crippen molar-refractivity contribution in [2.24, 2.45) is 10.7 Å². The molecule has 1 rings (SSSR count). The van der Waals surface area contributed by atoms with Crippen molar-refractivity contribution in [2.75, 3.05) is 13.2 Å². The van der Waals surface area contributed by atoms with Gasteiger partial charge in [0.2, 0.25) is 5.91 Å². The summed E-state index contributed by atoms with van der Waals surface area (Å²) in [4.78, 5) is 28.7. The molecule has 0 bridgehead atoms. The fourth-order valence-corrected chi connectivity index (χ4v) is 2.38. The van der Waals surface area contributed by atoms with Gasteiger partial charge in [-0.15, -0.1) is 0 Å². The average Bonchev–Trinajstić information content (AvgIpc) is 2.88. The van der Waals surface area contributed by atoms with Gasteiger partial charge >= 0.3 is 6.16 Å². The van der Waals surface area contributed by atoms with Gasteiger partial charge < -0.3 is 19.9 Å². The second kappa shape index (κ2) is 9.27. The van der Waals surface area contributed by atoms with Crippen molar-refractivity contribution in [3.05, 3.63) is 12.4 Å². The van der Waals surface area contributed by atoms with Crippen LogP contribution in [0.3, 0.4) is 0 Å². The van der Waals surface area contributed by atoms with Crippen LogP contribution in [0.5, 0.6) is 0 Å². The first-order valence-corrected chi connectivity index (χ1v) is 7.95. The highest BCUT2D eigenvalue weighted by molar-refractivity contribution is 5.96. The molecule has 0 unspecified atom stereocenters. The van der Waals surface area contributed by atoms with Crippen molar-refractivity contribution in [2.45, 2.75) is 58.8 Å². The Balaban J connectivity index is 2.48. The van der Waals surface area contributed by atoms with Gasteiger partial charge in [0.1, 0.15) is 18.3 Å². The highest BCUT2D eigenvalue weighted by Crippen LogP contribution is 2.21. The molecule has 8 heteroatoms. The summed E-state index contributed by atoms with van der Waals surface area (Å²) in [5.41, 5.74) is 5.45. The number of aliphatic imine (C=N–C) groups is 1. The molecule has 0 saturated carbocycles. The van der Waals surface area contributed by atoms with Crippen LogP contribution < -0.4 is 5.73 Å². The third-order valence-electron chi connectivity index (χ3n) is 3.38. The molecule has 0 aromatic carbocycles. The van der Waals surface area contributed by atoms with E-state index < -0.39 is 6.16 Å². The summed E-state index contributed by atoms with van der Waals surface area (Å²) in [5.74, 6) is 0.459. The molecule has 1 aliphatic heterocycles. The van der Waals surface area contributed by atoms with Crippen molar-refractivity contribution < 1.29 is 23.8 Å². The molecule has 1 fully saturated rings. The van der Waals surface area contributed by atoms with Gasteiger partial charge in [-0.05, 0) is 33.6 Å². The number of hydrogen-bond donors (Lipinski definition) is 1. The van der Waals surface area contributed by atoms with E-state index >= 15 is 0 Å². The Morgan fingerprint density at radius 1 is 1.33 bits per heavy atom. The van der Waals surface area contributed by atoms with Crippen LogP contribution in [0.15, 0.2) is 17.4 Å². The number of rotatable bonds is 6. The van der Waals surface area contributed by atoms with Crippen molar-refractivity contribution >= 4 is 17.9 Å². The Morgan fingerprint density at radius 2 is 1.96 bits per heavy atom. The summed E-state index contributed by atoms with van der Waals surface area (Å²) in [5, 5.41) is 0. The third kappa shape index (κ3) is 6.99. The number of amidine groups is 1. The quantitative estimate of drug-likeness (QED) is 0.449. The van der Waals surface area contributed by atoms with E-state index in [0.717, 1.165) is 12.8 Å². The van der Waals surface area contributed by atoms with Crippen molar-refractivity contribution in [1.82, 2.24) is 4.90 Å². The molecule has 1 amide bonds. The normalized spacial score (nSPS) is 20.8. The van der Waals surface area contributed by atoms with Crippen LogP contribution in [0.4, 0.5) is 4.79 Å². The summed E-state index contributed by atoms with van der Waals surface area (Å²) < 4.78 is 15.7. The Morgan fingerprint density at radius 3 is 2.50 bits per heavy atom. The van der Waals surface area contributed by atoms with Crippen molar-refractivity contribution in [1.29, 1.82) is 0 Å². The maximum absolute atomic E-state index is 11.8. The molecule has 2 atom stereocenters. The smallest absolute Gasteiger partial charge is 0.432 e. The lowest BCUT2D eigenvalue weighted by Gasteiger charge is -2.24. The monoisotopic (exact) mass is 341 g/mol.